The number of benzene rings is 2. The van der Waals surface area contributed by atoms with Gasteiger partial charge in [-0.1, -0.05) is 6.07 Å². The number of nitrogens with one attached hydrogen (secondary N) is 2. The number of hydrogen-bond donors (Lipinski definition) is 2. The molecule has 5 nitrogen and oxygen atoms in total. The third-order valence-corrected chi connectivity index (χ3v) is 3.86. The largest absolute Gasteiger partial charge is 0.459 e. The number of nitrogens with zero attached hydrogens (tertiary/aromatic N) is 1. The molecule has 4 aromatic rings. The zero-order chi connectivity index (χ0) is 18.3. The Morgan fingerprint density at radius 1 is 1.04 bits per heavy atom. The molecule has 2 N–H and O–H groups in total. The Labute approximate surface area is 144 Å². The summed E-state index contributed by atoms with van der Waals surface area (Å²) in [5, 5.41) is 9.62. The molecule has 0 atom stereocenters. The van der Waals surface area contributed by atoms with Gasteiger partial charge in [0.05, 0.1) is 11.8 Å². The van der Waals surface area contributed by atoms with E-state index in [-0.39, 0.29) is 17.1 Å². The van der Waals surface area contributed by atoms with Gasteiger partial charge in [0.2, 0.25) is 0 Å². The number of fused-ring (bicyclic) bond motifs is 1. The third-order valence-electron chi connectivity index (χ3n) is 3.86. The van der Waals surface area contributed by atoms with Gasteiger partial charge in [-0.05, 0) is 42.0 Å². The van der Waals surface area contributed by atoms with E-state index in [9.17, 15) is 18.0 Å². The molecule has 2 aromatic heterocycles. The summed E-state index contributed by atoms with van der Waals surface area (Å²) in [6.45, 7) is 0. The van der Waals surface area contributed by atoms with E-state index in [1.807, 2.05) is 0 Å². The Hall–Kier alpha value is -3.55. The Kier molecular flexibility index (Phi) is 3.72. The van der Waals surface area contributed by atoms with Crippen molar-refractivity contribution in [2.75, 3.05) is 5.32 Å². The normalized spacial score (nSPS) is 11.0. The maximum Gasteiger partial charge on any atom is 0.293 e. The number of furan rings is 1. The number of anilines is 1. The van der Waals surface area contributed by atoms with Gasteiger partial charge in [0.15, 0.2) is 23.2 Å². The maximum absolute atomic E-state index is 13.5. The van der Waals surface area contributed by atoms with Crippen molar-refractivity contribution in [2.24, 2.45) is 0 Å². The highest BCUT2D eigenvalue weighted by atomic mass is 19.2. The summed E-state index contributed by atoms with van der Waals surface area (Å²) in [5.41, 5.74) is 1.00. The molecule has 0 saturated heterocycles. The number of carbonyl (C=O) groups excluding carboxylic acids is 1. The molecule has 0 aliphatic rings. The fourth-order valence-electron chi connectivity index (χ4n) is 2.63. The van der Waals surface area contributed by atoms with Crippen LogP contribution in [0.15, 0.2) is 53.1 Å². The Balaban J connectivity index is 1.67. The lowest BCUT2D eigenvalue weighted by Crippen LogP contribution is -2.12. The van der Waals surface area contributed by atoms with Gasteiger partial charge < -0.3 is 9.73 Å². The van der Waals surface area contributed by atoms with E-state index < -0.39 is 23.4 Å². The van der Waals surface area contributed by atoms with E-state index in [4.69, 9.17) is 4.42 Å². The molecule has 0 aliphatic heterocycles. The van der Waals surface area contributed by atoms with Crippen molar-refractivity contribution in [3.8, 4) is 11.1 Å². The van der Waals surface area contributed by atoms with Crippen molar-refractivity contribution < 1.29 is 22.4 Å². The van der Waals surface area contributed by atoms with Crippen molar-refractivity contribution in [1.29, 1.82) is 0 Å². The molecule has 8 heteroatoms. The SMILES string of the molecule is O=C(Nc1n[nH]c2cc(F)ccc12)c1occc1-c1ccc(F)c(F)c1. The zero-order valence-electron chi connectivity index (χ0n) is 13.0. The number of H-pyrrole nitrogens is 1. The van der Waals surface area contributed by atoms with Crippen LogP contribution in [0.2, 0.25) is 0 Å². The molecule has 2 heterocycles. The number of aromatic amines is 1. The number of amides is 1. The summed E-state index contributed by atoms with van der Waals surface area (Å²) in [6.07, 6.45) is 1.27. The fraction of sp³-hybridized carbons (Fsp3) is 0. The Bertz CT molecular complexity index is 1130. The highest BCUT2D eigenvalue weighted by molar-refractivity contribution is 6.09. The average Bonchev–Trinajstić information content (AvgIpc) is 3.24. The van der Waals surface area contributed by atoms with Crippen LogP contribution in [-0.4, -0.2) is 16.1 Å². The molecule has 4 rings (SSSR count). The summed E-state index contributed by atoms with van der Waals surface area (Å²) in [6, 6.07) is 8.72. The van der Waals surface area contributed by atoms with E-state index in [1.54, 1.807) is 0 Å². The first-order valence-electron chi connectivity index (χ1n) is 7.51. The number of rotatable bonds is 3. The number of halogens is 3. The molecular weight excluding hydrogens is 347 g/mol. The minimum Gasteiger partial charge on any atom is -0.459 e. The second-order valence-corrected chi connectivity index (χ2v) is 5.51. The average molecular weight is 357 g/mol. The van der Waals surface area contributed by atoms with Crippen LogP contribution in [0.25, 0.3) is 22.0 Å². The van der Waals surface area contributed by atoms with Gasteiger partial charge in [0, 0.05) is 10.9 Å². The number of carbonyl (C=O) groups is 1. The van der Waals surface area contributed by atoms with E-state index >= 15 is 0 Å². The molecule has 0 aliphatic carbocycles. The zero-order valence-corrected chi connectivity index (χ0v) is 13.0. The summed E-state index contributed by atoms with van der Waals surface area (Å²) in [4.78, 5) is 12.5. The minimum absolute atomic E-state index is 0.0886. The van der Waals surface area contributed by atoms with E-state index in [1.165, 1.54) is 36.6 Å². The number of aromatic nitrogens is 2. The molecule has 0 bridgehead atoms. The monoisotopic (exact) mass is 357 g/mol. The third kappa shape index (κ3) is 2.71. The molecule has 130 valence electrons. The van der Waals surface area contributed by atoms with Crippen LogP contribution >= 0.6 is 0 Å². The Morgan fingerprint density at radius 3 is 2.69 bits per heavy atom. The lowest BCUT2D eigenvalue weighted by molar-refractivity contribution is 0.0997. The van der Waals surface area contributed by atoms with Gasteiger partial charge in [0.1, 0.15) is 5.82 Å². The van der Waals surface area contributed by atoms with Crippen LogP contribution in [0.1, 0.15) is 10.6 Å². The summed E-state index contributed by atoms with van der Waals surface area (Å²) in [7, 11) is 0. The summed E-state index contributed by atoms with van der Waals surface area (Å²) in [5.74, 6) is -2.99. The predicted octanol–water partition coefficient (Wildman–Crippen LogP) is 4.49. The maximum atomic E-state index is 13.5. The van der Waals surface area contributed by atoms with Crippen LogP contribution in [0, 0.1) is 17.5 Å². The van der Waals surface area contributed by atoms with Crippen molar-refractivity contribution in [1.82, 2.24) is 10.2 Å². The van der Waals surface area contributed by atoms with Crippen LogP contribution in [-0.2, 0) is 0 Å². The quantitative estimate of drug-likeness (QED) is 0.567. The van der Waals surface area contributed by atoms with Gasteiger partial charge in [-0.25, -0.2) is 13.2 Å². The van der Waals surface area contributed by atoms with Crippen LogP contribution in [0.4, 0.5) is 19.0 Å². The van der Waals surface area contributed by atoms with Crippen molar-refractivity contribution in [3.63, 3.8) is 0 Å². The molecule has 0 spiro atoms. The topological polar surface area (TPSA) is 70.9 Å². The van der Waals surface area contributed by atoms with Gasteiger partial charge >= 0.3 is 0 Å². The van der Waals surface area contributed by atoms with Crippen LogP contribution in [0.3, 0.4) is 0 Å². The highest BCUT2D eigenvalue weighted by Crippen LogP contribution is 2.28. The van der Waals surface area contributed by atoms with Gasteiger partial charge in [-0.2, -0.15) is 5.10 Å². The lowest BCUT2D eigenvalue weighted by atomic mass is 10.1. The molecule has 2 aromatic carbocycles. The van der Waals surface area contributed by atoms with E-state index in [0.717, 1.165) is 12.1 Å². The number of hydrogen-bond acceptors (Lipinski definition) is 3. The molecule has 0 unspecified atom stereocenters. The van der Waals surface area contributed by atoms with Crippen LogP contribution in [0.5, 0.6) is 0 Å². The predicted molar refractivity (Wildman–Crippen MR) is 88.1 cm³/mol. The molecule has 26 heavy (non-hydrogen) atoms. The second-order valence-electron chi connectivity index (χ2n) is 5.51. The van der Waals surface area contributed by atoms with Gasteiger partial charge in [-0.15, -0.1) is 0 Å². The van der Waals surface area contributed by atoms with E-state index in [2.05, 4.69) is 15.5 Å². The minimum atomic E-state index is -1.03. The Morgan fingerprint density at radius 2 is 1.88 bits per heavy atom. The summed E-state index contributed by atoms with van der Waals surface area (Å²) < 4.78 is 45.0. The molecule has 0 radical (unpaired) electrons. The van der Waals surface area contributed by atoms with Gasteiger partial charge in [0.25, 0.3) is 5.91 Å². The smallest absolute Gasteiger partial charge is 0.293 e. The first-order chi connectivity index (χ1) is 12.5. The first-order valence-corrected chi connectivity index (χ1v) is 7.51. The van der Waals surface area contributed by atoms with E-state index in [0.29, 0.717) is 16.5 Å². The van der Waals surface area contributed by atoms with Crippen LogP contribution < -0.4 is 5.32 Å². The molecule has 0 saturated carbocycles. The second kappa shape index (κ2) is 6.07. The standard InChI is InChI=1S/C18H10F3N3O2/c19-10-2-3-12-15(8-10)23-24-17(12)22-18(25)16-11(5-6-26-16)9-1-4-13(20)14(21)7-9/h1-8H,(H2,22,23,24,25). The van der Waals surface area contributed by atoms with Gasteiger partial charge in [-0.3, -0.25) is 9.89 Å². The molecule has 1 amide bonds. The lowest BCUT2D eigenvalue weighted by Gasteiger charge is -2.04. The molecular formula is C18H10F3N3O2. The first kappa shape index (κ1) is 15.9. The highest BCUT2D eigenvalue weighted by Gasteiger charge is 2.20. The summed E-state index contributed by atoms with van der Waals surface area (Å²) >= 11 is 0. The molecule has 0 fully saturated rings. The van der Waals surface area contributed by atoms with Crippen molar-refractivity contribution >= 4 is 22.6 Å². The van der Waals surface area contributed by atoms with Crippen molar-refractivity contribution in [3.05, 3.63) is 71.9 Å². The fourth-order valence-corrected chi connectivity index (χ4v) is 2.63. The van der Waals surface area contributed by atoms with Crippen molar-refractivity contribution in [2.45, 2.75) is 0 Å².